The molecule has 2 unspecified atom stereocenters. The molecule has 6 heavy (non-hydrogen) atoms. The van der Waals surface area contributed by atoms with E-state index in [-0.39, 0.29) is 0 Å². The van der Waals surface area contributed by atoms with Gasteiger partial charge in [-0.2, -0.15) is 5.53 Å². The van der Waals surface area contributed by atoms with Gasteiger partial charge in [-0.1, -0.05) is 6.92 Å². The highest BCUT2D eigenvalue weighted by atomic mass is 15.0. The molecule has 0 aliphatic heterocycles. The quantitative estimate of drug-likeness (QED) is 0.421. The zero-order valence-electron chi connectivity index (χ0n) is 3.89. The third kappa shape index (κ3) is 0.421. The number of nitrogens with zero attached hydrogens (tertiary/aromatic N) is 1. The average Bonchev–Trinajstić information content (AvgIpc) is 2.19. The summed E-state index contributed by atoms with van der Waals surface area (Å²) in [5.74, 6) is 0.773. The van der Waals surface area contributed by atoms with Crippen molar-refractivity contribution in [1.82, 2.24) is 0 Å². The zero-order chi connectivity index (χ0) is 4.57. The van der Waals surface area contributed by atoms with Gasteiger partial charge in [-0.05, 0) is 17.5 Å². The summed E-state index contributed by atoms with van der Waals surface area (Å²) in [6, 6.07) is 0.505. The van der Waals surface area contributed by atoms with E-state index in [0.29, 0.717) is 6.04 Å². The van der Waals surface area contributed by atoms with E-state index in [9.17, 15) is 0 Å². The normalized spacial score (nSPS) is 42.2. The van der Waals surface area contributed by atoms with Gasteiger partial charge < -0.3 is 0 Å². The van der Waals surface area contributed by atoms with Crippen molar-refractivity contribution in [3.63, 3.8) is 0 Å². The Balaban J connectivity index is 2.25. The summed E-state index contributed by atoms with van der Waals surface area (Å²) in [4.78, 5) is 0. The lowest BCUT2D eigenvalue weighted by atomic mass is 10.5. The van der Waals surface area contributed by atoms with Crippen LogP contribution in [0.25, 0.3) is 0 Å². The lowest BCUT2D eigenvalue weighted by Gasteiger charge is -1.65. The Morgan fingerprint density at radius 2 is 2.33 bits per heavy atom. The molecular formula is C4H9N2+. The standard InChI is InChI=1S/C4H8N2/c1-3-2-4(3)6-5/h3-5H,2H2,1H3/p+1. The first-order valence-corrected chi connectivity index (χ1v) is 2.24. The van der Waals surface area contributed by atoms with Crippen molar-refractivity contribution in [2.45, 2.75) is 19.4 Å². The highest BCUT2D eigenvalue weighted by Gasteiger charge is 2.34. The minimum atomic E-state index is 0.505. The third-order valence-electron chi connectivity index (χ3n) is 1.26. The number of nitrogens with two attached hydrogens (primary N) is 1. The predicted octanol–water partition coefficient (Wildman–Crippen LogP) is -0.394. The molecule has 2 atom stereocenters. The van der Waals surface area contributed by atoms with E-state index in [1.54, 1.807) is 0 Å². The van der Waals surface area contributed by atoms with Crippen molar-refractivity contribution < 1.29 is 5.53 Å². The summed E-state index contributed by atoms with van der Waals surface area (Å²) >= 11 is 0. The first-order valence-electron chi connectivity index (χ1n) is 2.24. The molecule has 0 saturated heterocycles. The van der Waals surface area contributed by atoms with Crippen molar-refractivity contribution in [3.8, 4) is 0 Å². The Morgan fingerprint density at radius 1 is 1.83 bits per heavy atom. The molecule has 0 amide bonds. The number of hydrogen-bond donors (Lipinski definition) is 1. The van der Waals surface area contributed by atoms with Gasteiger partial charge in [-0.3, -0.25) is 0 Å². The van der Waals surface area contributed by atoms with Gasteiger partial charge in [-0.25, -0.2) is 0 Å². The van der Waals surface area contributed by atoms with Crippen molar-refractivity contribution in [2.75, 3.05) is 0 Å². The maximum absolute atomic E-state index is 4.95. The SMILES string of the molecule is CC1CC1N=[NH2+]. The molecule has 1 fully saturated rings. The molecule has 0 aromatic heterocycles. The summed E-state index contributed by atoms with van der Waals surface area (Å²) in [5, 5.41) is 3.58. The van der Waals surface area contributed by atoms with E-state index in [2.05, 4.69) is 12.0 Å². The lowest BCUT2D eigenvalue weighted by molar-refractivity contribution is -0.224. The molecular weight excluding hydrogens is 76.1 g/mol. The number of rotatable bonds is 1. The zero-order valence-corrected chi connectivity index (χ0v) is 3.89. The van der Waals surface area contributed by atoms with E-state index >= 15 is 0 Å². The fraction of sp³-hybridized carbons (Fsp3) is 1.00. The van der Waals surface area contributed by atoms with Crippen molar-refractivity contribution in [1.29, 1.82) is 0 Å². The smallest absolute Gasteiger partial charge is 0.115 e. The summed E-state index contributed by atoms with van der Waals surface area (Å²) in [7, 11) is 0. The molecule has 2 N–H and O–H groups in total. The van der Waals surface area contributed by atoms with Crippen LogP contribution in [0, 0.1) is 5.92 Å². The van der Waals surface area contributed by atoms with Gasteiger partial charge in [0.1, 0.15) is 6.04 Å². The molecule has 0 aromatic carbocycles. The monoisotopic (exact) mass is 85.1 g/mol. The second kappa shape index (κ2) is 1.03. The van der Waals surface area contributed by atoms with E-state index in [0.717, 1.165) is 5.92 Å². The van der Waals surface area contributed by atoms with Crippen molar-refractivity contribution >= 4 is 0 Å². The van der Waals surface area contributed by atoms with Crippen LogP contribution < -0.4 is 5.53 Å². The van der Waals surface area contributed by atoms with Gasteiger partial charge in [-0.15, -0.1) is 0 Å². The molecule has 1 saturated carbocycles. The van der Waals surface area contributed by atoms with Crippen LogP contribution in [0.15, 0.2) is 5.11 Å². The summed E-state index contributed by atoms with van der Waals surface area (Å²) in [6.45, 7) is 2.15. The molecule has 0 bridgehead atoms. The van der Waals surface area contributed by atoms with Crippen LogP contribution in [0.1, 0.15) is 13.3 Å². The van der Waals surface area contributed by atoms with E-state index in [4.69, 9.17) is 5.53 Å². The van der Waals surface area contributed by atoms with E-state index in [1.165, 1.54) is 6.42 Å². The largest absolute Gasteiger partial charge is 0.157 e. The van der Waals surface area contributed by atoms with E-state index in [1.807, 2.05) is 0 Å². The maximum Gasteiger partial charge on any atom is 0.115 e. The Labute approximate surface area is 37.1 Å². The van der Waals surface area contributed by atoms with Gasteiger partial charge in [0.15, 0.2) is 0 Å². The molecule has 1 rings (SSSR count). The Hall–Kier alpha value is -0.400. The molecule has 0 aromatic rings. The lowest BCUT2D eigenvalue weighted by Crippen LogP contribution is -2.24. The Bertz CT molecular complexity index is 69.9. The minimum absolute atomic E-state index is 0.505. The van der Waals surface area contributed by atoms with Crippen LogP contribution in [0.2, 0.25) is 0 Å². The van der Waals surface area contributed by atoms with Gasteiger partial charge >= 0.3 is 0 Å². The van der Waals surface area contributed by atoms with Crippen LogP contribution in [0.4, 0.5) is 0 Å². The Morgan fingerprint density at radius 3 is 2.33 bits per heavy atom. The van der Waals surface area contributed by atoms with Crippen molar-refractivity contribution in [3.05, 3.63) is 0 Å². The number of hydrogen-bond acceptors (Lipinski definition) is 1. The van der Waals surface area contributed by atoms with Crippen molar-refractivity contribution in [2.24, 2.45) is 11.0 Å². The van der Waals surface area contributed by atoms with Crippen LogP contribution >= 0.6 is 0 Å². The van der Waals surface area contributed by atoms with Crippen LogP contribution in [-0.2, 0) is 0 Å². The molecule has 2 nitrogen and oxygen atoms in total. The molecule has 1 aliphatic carbocycles. The minimum Gasteiger partial charge on any atom is -0.157 e. The molecule has 34 valence electrons. The van der Waals surface area contributed by atoms with Gasteiger partial charge in [0.2, 0.25) is 0 Å². The molecule has 0 heterocycles. The summed E-state index contributed by atoms with van der Waals surface area (Å²) < 4.78 is 0. The first-order chi connectivity index (χ1) is 2.84. The van der Waals surface area contributed by atoms with Crippen LogP contribution in [0.3, 0.4) is 0 Å². The Kier molecular flexibility index (Phi) is 0.650. The van der Waals surface area contributed by atoms with Crippen LogP contribution in [-0.4, -0.2) is 6.04 Å². The molecule has 2 heteroatoms. The maximum atomic E-state index is 4.95. The second-order valence-electron chi connectivity index (χ2n) is 1.93. The van der Waals surface area contributed by atoms with E-state index < -0.39 is 0 Å². The topological polar surface area (TPSA) is 38.0 Å². The summed E-state index contributed by atoms with van der Waals surface area (Å²) in [6.07, 6.45) is 1.20. The first kappa shape index (κ1) is 3.78. The molecule has 1 aliphatic rings. The average molecular weight is 85.1 g/mol. The molecule has 0 radical (unpaired) electrons. The highest BCUT2D eigenvalue weighted by Crippen LogP contribution is 2.31. The van der Waals surface area contributed by atoms with Gasteiger partial charge in [0.05, 0.1) is 0 Å². The highest BCUT2D eigenvalue weighted by molar-refractivity contribution is 4.86. The van der Waals surface area contributed by atoms with Crippen LogP contribution in [0.5, 0.6) is 0 Å². The van der Waals surface area contributed by atoms with Gasteiger partial charge in [0.25, 0.3) is 0 Å². The van der Waals surface area contributed by atoms with Gasteiger partial charge in [0, 0.05) is 0 Å². The fourth-order valence-electron chi connectivity index (χ4n) is 0.510. The second-order valence-corrected chi connectivity index (χ2v) is 1.93. The fourth-order valence-corrected chi connectivity index (χ4v) is 0.510. The predicted molar refractivity (Wildman–Crippen MR) is 21.9 cm³/mol. The molecule has 0 spiro atoms. The third-order valence-corrected chi connectivity index (χ3v) is 1.26. The summed E-state index contributed by atoms with van der Waals surface area (Å²) in [5.41, 5.74) is 4.95.